The predicted molar refractivity (Wildman–Crippen MR) is 69.3 cm³/mol. The topological polar surface area (TPSA) is 78.5 Å². The lowest BCUT2D eigenvalue weighted by atomic mass is 10.2. The van der Waals surface area contributed by atoms with Crippen LogP contribution in [-0.2, 0) is 4.79 Å². The van der Waals surface area contributed by atoms with Crippen LogP contribution in [0.4, 0.5) is 0 Å². The average Bonchev–Trinajstić information content (AvgIpc) is 2.67. The molecule has 0 fully saturated rings. The Balaban J connectivity index is 2.70. The van der Waals surface area contributed by atoms with Gasteiger partial charge in [-0.2, -0.15) is 0 Å². The minimum atomic E-state index is -1.08. The number of quaternary nitrogens is 1. The monoisotopic (exact) mass is 251 g/mol. The van der Waals surface area contributed by atoms with Gasteiger partial charge in [-0.15, -0.1) is 0 Å². The van der Waals surface area contributed by atoms with E-state index in [0.717, 1.165) is 25.1 Å². The quantitative estimate of drug-likeness (QED) is 0.492. The number of nitrogens with two attached hydrogens (primary N) is 1. The number of aliphatic carboxylic acids is 1. The second-order valence-electron chi connectivity index (χ2n) is 4.34. The molecule has 5 heteroatoms. The highest BCUT2D eigenvalue weighted by Crippen LogP contribution is 2.19. The van der Waals surface area contributed by atoms with Crippen molar-refractivity contribution in [1.29, 1.82) is 0 Å². The molecular weight excluding hydrogens is 230 g/mol. The van der Waals surface area contributed by atoms with E-state index in [1.807, 2.05) is 0 Å². The third-order valence-corrected chi connectivity index (χ3v) is 2.97. The molecule has 1 atom stereocenters. The molecule has 18 heavy (non-hydrogen) atoms. The number of carbonyl (C=O) groups excluding carboxylic acids is 1. The van der Waals surface area contributed by atoms with Gasteiger partial charge in [0.15, 0.2) is 0 Å². The molecule has 0 radical (unpaired) electrons. The number of hydrogen-bond donors (Lipinski definition) is 1. The van der Waals surface area contributed by atoms with Gasteiger partial charge in [-0.05, 0) is 12.8 Å². The Morgan fingerprint density at radius 1 is 1.56 bits per heavy atom. The lowest BCUT2D eigenvalue weighted by molar-refractivity contribution is -0.780. The van der Waals surface area contributed by atoms with E-state index >= 15 is 0 Å². The van der Waals surface area contributed by atoms with E-state index in [4.69, 9.17) is 5.73 Å². The largest absolute Gasteiger partial charge is 0.544 e. The normalized spacial score (nSPS) is 22.7. The molecule has 0 saturated carbocycles. The predicted octanol–water partition coefficient (Wildman–Crippen LogP) is 0.142. The Morgan fingerprint density at radius 2 is 2.33 bits per heavy atom. The van der Waals surface area contributed by atoms with Crippen molar-refractivity contribution in [2.24, 2.45) is 10.7 Å². The van der Waals surface area contributed by atoms with E-state index in [1.165, 1.54) is 0 Å². The first-order valence-corrected chi connectivity index (χ1v) is 6.31. The van der Waals surface area contributed by atoms with E-state index in [9.17, 15) is 9.90 Å². The minimum Gasteiger partial charge on any atom is -0.544 e. The van der Waals surface area contributed by atoms with E-state index in [0.29, 0.717) is 13.1 Å². The molecule has 0 saturated heterocycles. The van der Waals surface area contributed by atoms with Crippen molar-refractivity contribution in [1.82, 2.24) is 0 Å². The number of rotatable bonds is 8. The summed E-state index contributed by atoms with van der Waals surface area (Å²) in [6, 6.07) is 0. The molecule has 0 aromatic carbocycles. The van der Waals surface area contributed by atoms with Crippen molar-refractivity contribution >= 4 is 11.8 Å². The molecule has 1 rings (SSSR count). The van der Waals surface area contributed by atoms with E-state index in [-0.39, 0.29) is 11.0 Å². The van der Waals surface area contributed by atoms with Crippen molar-refractivity contribution < 1.29 is 14.4 Å². The molecule has 1 aliphatic rings. The number of hydrogen-bond acceptors (Lipinski definition) is 4. The summed E-state index contributed by atoms with van der Waals surface area (Å²) in [6.45, 7) is 2.95. The maximum atomic E-state index is 10.9. The van der Waals surface area contributed by atoms with Gasteiger partial charge < -0.3 is 15.6 Å². The van der Waals surface area contributed by atoms with E-state index < -0.39 is 5.97 Å². The zero-order valence-corrected chi connectivity index (χ0v) is 10.8. The van der Waals surface area contributed by atoms with Gasteiger partial charge >= 0.3 is 0 Å². The Bertz CT molecular complexity index is 374. The van der Waals surface area contributed by atoms with Gasteiger partial charge in [0.2, 0.25) is 5.84 Å². The van der Waals surface area contributed by atoms with Crippen molar-refractivity contribution in [3.63, 3.8) is 0 Å². The summed E-state index contributed by atoms with van der Waals surface area (Å²) in [7, 11) is 0. The van der Waals surface area contributed by atoms with Crippen LogP contribution in [0.15, 0.2) is 29.5 Å². The van der Waals surface area contributed by atoms with Gasteiger partial charge in [0.1, 0.15) is 19.3 Å². The summed E-state index contributed by atoms with van der Waals surface area (Å²) < 4.78 is 0.207. The van der Waals surface area contributed by atoms with Crippen LogP contribution < -0.4 is 10.8 Å². The third kappa shape index (κ3) is 3.78. The second-order valence-corrected chi connectivity index (χ2v) is 4.34. The molecule has 2 N–H and O–H groups in total. The molecule has 0 aliphatic carbocycles. The van der Waals surface area contributed by atoms with Crippen LogP contribution in [0.1, 0.15) is 26.2 Å². The molecule has 1 heterocycles. The lowest BCUT2D eigenvalue weighted by Gasteiger charge is -2.32. The number of carbonyl (C=O) groups is 1. The van der Waals surface area contributed by atoms with Crippen LogP contribution in [0, 0.1) is 0 Å². The highest BCUT2D eigenvalue weighted by Gasteiger charge is 2.34. The van der Waals surface area contributed by atoms with E-state index in [2.05, 4.69) is 24.1 Å². The van der Waals surface area contributed by atoms with Crippen molar-refractivity contribution in [3.05, 3.63) is 24.6 Å². The van der Waals surface area contributed by atoms with Crippen LogP contribution >= 0.6 is 0 Å². The van der Waals surface area contributed by atoms with Gasteiger partial charge in [-0.1, -0.05) is 19.1 Å². The van der Waals surface area contributed by atoms with Crippen molar-refractivity contribution in [3.8, 4) is 0 Å². The summed E-state index contributed by atoms with van der Waals surface area (Å²) in [6.07, 6.45) is 10.3. The van der Waals surface area contributed by atoms with Gasteiger partial charge in [-0.25, -0.2) is 9.48 Å². The molecule has 0 spiro atoms. The van der Waals surface area contributed by atoms with Gasteiger partial charge in [0, 0.05) is 13.0 Å². The SMILES string of the molecule is CC/C=C/CCC1=NC=C[N+]1(CCN)CC(=O)[O-]. The van der Waals surface area contributed by atoms with Crippen LogP contribution in [0.5, 0.6) is 0 Å². The smallest absolute Gasteiger partial charge is 0.208 e. The van der Waals surface area contributed by atoms with Crippen LogP contribution in [0.2, 0.25) is 0 Å². The highest BCUT2D eigenvalue weighted by atomic mass is 16.4. The number of carboxylic acids is 1. The molecule has 0 aromatic rings. The summed E-state index contributed by atoms with van der Waals surface area (Å²) in [4.78, 5) is 15.2. The molecule has 1 unspecified atom stereocenters. The van der Waals surface area contributed by atoms with Crippen LogP contribution in [0.25, 0.3) is 0 Å². The number of aliphatic imine (C=N–C) groups is 1. The molecular formula is C13H21N3O2. The van der Waals surface area contributed by atoms with E-state index in [1.54, 1.807) is 12.4 Å². The Labute approximate surface area is 108 Å². The summed E-state index contributed by atoms with van der Waals surface area (Å²) >= 11 is 0. The molecule has 0 aromatic heterocycles. The van der Waals surface area contributed by atoms with Gasteiger partial charge in [0.05, 0.1) is 12.2 Å². The molecule has 100 valence electrons. The second kappa shape index (κ2) is 7.08. The summed E-state index contributed by atoms with van der Waals surface area (Å²) in [5, 5.41) is 10.9. The standard InChI is InChI=1S/C13H21N3O2/c1-2-3-4-5-6-12-15-8-10-16(12,9-7-14)11-13(17)18/h3-4,8,10H,2,5-7,9,11,14H2,1H3/b4-3+. The maximum absolute atomic E-state index is 10.9. The minimum absolute atomic E-state index is 0.0932. The molecule has 0 bridgehead atoms. The number of nitrogens with zero attached hydrogens (tertiary/aromatic N) is 2. The highest BCUT2D eigenvalue weighted by molar-refractivity contribution is 5.81. The fourth-order valence-electron chi connectivity index (χ4n) is 2.12. The first-order valence-electron chi connectivity index (χ1n) is 6.31. The Kier molecular flexibility index (Phi) is 5.74. The first-order chi connectivity index (χ1) is 8.64. The zero-order chi connectivity index (χ0) is 13.4. The Morgan fingerprint density at radius 3 is 2.94 bits per heavy atom. The lowest BCUT2D eigenvalue weighted by Crippen LogP contribution is -2.54. The fourth-order valence-corrected chi connectivity index (χ4v) is 2.12. The fraction of sp³-hybridized carbons (Fsp3) is 0.538. The number of amidine groups is 1. The number of allylic oxidation sites excluding steroid dienone is 2. The first kappa shape index (κ1) is 14.6. The number of carboxylic acid groups (broad SMARTS) is 1. The van der Waals surface area contributed by atoms with Crippen molar-refractivity contribution in [2.45, 2.75) is 26.2 Å². The summed E-state index contributed by atoms with van der Waals surface area (Å²) in [5.74, 6) is -0.225. The maximum Gasteiger partial charge on any atom is 0.208 e. The molecule has 5 nitrogen and oxygen atoms in total. The average molecular weight is 251 g/mol. The third-order valence-electron chi connectivity index (χ3n) is 2.97. The van der Waals surface area contributed by atoms with Crippen LogP contribution in [0.3, 0.4) is 0 Å². The van der Waals surface area contributed by atoms with Gasteiger partial charge in [0.25, 0.3) is 0 Å². The van der Waals surface area contributed by atoms with Crippen LogP contribution in [-0.4, -0.2) is 35.9 Å². The zero-order valence-electron chi connectivity index (χ0n) is 10.8. The van der Waals surface area contributed by atoms with Gasteiger partial charge in [-0.3, -0.25) is 0 Å². The Hall–Kier alpha value is -1.46. The molecule has 0 amide bonds. The molecule has 1 aliphatic heterocycles. The van der Waals surface area contributed by atoms with Crippen molar-refractivity contribution in [2.75, 3.05) is 19.6 Å². The summed E-state index contributed by atoms with van der Waals surface area (Å²) in [5.41, 5.74) is 5.58.